The Labute approximate surface area is 85.6 Å². The fourth-order valence-corrected chi connectivity index (χ4v) is 0.907. The molecule has 0 bridgehead atoms. The van der Waals surface area contributed by atoms with Gasteiger partial charge in [-0.1, -0.05) is 26.0 Å². The molecule has 2 N–H and O–H groups in total. The molecule has 0 amide bonds. The highest BCUT2D eigenvalue weighted by Gasteiger charge is 2.00. The van der Waals surface area contributed by atoms with Gasteiger partial charge < -0.3 is 10.5 Å². The first kappa shape index (κ1) is 12.9. The Kier molecular flexibility index (Phi) is 6.76. The van der Waals surface area contributed by atoms with Crippen molar-refractivity contribution in [1.29, 1.82) is 0 Å². The zero-order valence-corrected chi connectivity index (χ0v) is 8.95. The van der Waals surface area contributed by atoms with Gasteiger partial charge in [0.15, 0.2) is 0 Å². The van der Waals surface area contributed by atoms with E-state index in [9.17, 15) is 4.79 Å². The third-order valence-electron chi connectivity index (χ3n) is 1.66. The molecule has 0 saturated heterocycles. The average molecular weight is 197 g/mol. The van der Waals surface area contributed by atoms with Crippen LogP contribution in [0.2, 0.25) is 0 Å². The first-order chi connectivity index (χ1) is 6.57. The molecule has 0 heterocycles. The van der Waals surface area contributed by atoms with Gasteiger partial charge in [0.2, 0.25) is 0 Å². The molecule has 0 aliphatic carbocycles. The van der Waals surface area contributed by atoms with E-state index in [4.69, 9.17) is 10.5 Å². The highest BCUT2D eigenvalue weighted by atomic mass is 16.5. The van der Waals surface area contributed by atoms with Gasteiger partial charge in [0.05, 0.1) is 0 Å². The third kappa shape index (κ3) is 6.43. The Bertz CT molecular complexity index is 221. The Morgan fingerprint density at radius 1 is 1.64 bits per heavy atom. The van der Waals surface area contributed by atoms with E-state index >= 15 is 0 Å². The van der Waals surface area contributed by atoms with E-state index in [1.54, 1.807) is 13.0 Å². The predicted octanol–water partition coefficient (Wildman–Crippen LogP) is 1.79. The standard InChI is InChI=1S/C11H19NO2/c1-4-6-10(12)7-5-8-14-11(13)9(2)3/h5,7,10H,2,4,6,8,12H2,1,3H3/b7-5-. The Hall–Kier alpha value is -1.09. The lowest BCUT2D eigenvalue weighted by atomic mass is 10.2. The van der Waals surface area contributed by atoms with Crippen molar-refractivity contribution in [2.24, 2.45) is 5.73 Å². The molecule has 0 rings (SSSR count). The number of nitrogens with two attached hydrogens (primary N) is 1. The molecule has 0 aromatic carbocycles. The molecular weight excluding hydrogens is 178 g/mol. The molecule has 0 aromatic rings. The summed E-state index contributed by atoms with van der Waals surface area (Å²) in [5.41, 5.74) is 6.13. The van der Waals surface area contributed by atoms with Crippen molar-refractivity contribution in [3.05, 3.63) is 24.3 Å². The van der Waals surface area contributed by atoms with Crippen LogP contribution in [-0.2, 0) is 9.53 Å². The Morgan fingerprint density at radius 3 is 2.79 bits per heavy atom. The molecule has 3 nitrogen and oxygen atoms in total. The van der Waals surface area contributed by atoms with Gasteiger partial charge in [0.25, 0.3) is 0 Å². The topological polar surface area (TPSA) is 52.3 Å². The number of ether oxygens (including phenoxy) is 1. The molecule has 0 radical (unpaired) electrons. The summed E-state index contributed by atoms with van der Waals surface area (Å²) in [6.07, 6.45) is 5.62. The monoisotopic (exact) mass is 197 g/mol. The average Bonchev–Trinajstić information content (AvgIpc) is 2.12. The van der Waals surface area contributed by atoms with Gasteiger partial charge in [-0.05, 0) is 19.4 Å². The van der Waals surface area contributed by atoms with E-state index in [-0.39, 0.29) is 18.6 Å². The van der Waals surface area contributed by atoms with Crippen LogP contribution >= 0.6 is 0 Å². The summed E-state index contributed by atoms with van der Waals surface area (Å²) < 4.78 is 4.85. The van der Waals surface area contributed by atoms with Crippen LogP contribution in [0.1, 0.15) is 26.7 Å². The van der Waals surface area contributed by atoms with Crippen LogP contribution in [0.15, 0.2) is 24.3 Å². The SMILES string of the molecule is C=C(C)C(=O)OC/C=C\C(N)CCC. The van der Waals surface area contributed by atoms with Gasteiger partial charge in [0.1, 0.15) is 6.61 Å². The Morgan fingerprint density at radius 2 is 2.29 bits per heavy atom. The second kappa shape index (κ2) is 7.33. The van der Waals surface area contributed by atoms with E-state index in [0.717, 1.165) is 12.8 Å². The lowest BCUT2D eigenvalue weighted by Crippen LogP contribution is -2.16. The quantitative estimate of drug-likeness (QED) is 0.401. The molecular formula is C11H19NO2. The molecule has 1 atom stereocenters. The number of carbonyl (C=O) groups is 1. The van der Waals surface area contributed by atoms with Gasteiger partial charge in [-0.3, -0.25) is 0 Å². The van der Waals surface area contributed by atoms with E-state index in [2.05, 4.69) is 13.5 Å². The van der Waals surface area contributed by atoms with E-state index < -0.39 is 0 Å². The van der Waals surface area contributed by atoms with Crippen molar-refractivity contribution in [1.82, 2.24) is 0 Å². The van der Waals surface area contributed by atoms with Crippen molar-refractivity contribution >= 4 is 5.97 Å². The first-order valence-electron chi connectivity index (χ1n) is 4.82. The summed E-state index contributed by atoms with van der Waals surface area (Å²) in [5, 5.41) is 0. The van der Waals surface area contributed by atoms with Gasteiger partial charge in [0, 0.05) is 11.6 Å². The summed E-state index contributed by atoms with van der Waals surface area (Å²) in [6, 6.07) is 0.0588. The molecule has 0 fully saturated rings. The summed E-state index contributed by atoms with van der Waals surface area (Å²) >= 11 is 0. The molecule has 1 unspecified atom stereocenters. The van der Waals surface area contributed by atoms with Crippen LogP contribution in [0.4, 0.5) is 0 Å². The number of esters is 1. The van der Waals surface area contributed by atoms with Gasteiger partial charge in [-0.15, -0.1) is 0 Å². The van der Waals surface area contributed by atoms with Crippen LogP contribution in [-0.4, -0.2) is 18.6 Å². The minimum Gasteiger partial charge on any atom is -0.458 e. The normalized spacial score (nSPS) is 12.8. The van der Waals surface area contributed by atoms with Gasteiger partial charge in [-0.25, -0.2) is 4.79 Å². The van der Waals surface area contributed by atoms with Crippen molar-refractivity contribution < 1.29 is 9.53 Å². The summed E-state index contributed by atoms with van der Waals surface area (Å²) in [5.74, 6) is -0.362. The predicted molar refractivity (Wildman–Crippen MR) is 57.8 cm³/mol. The zero-order chi connectivity index (χ0) is 11.0. The van der Waals surface area contributed by atoms with E-state index in [0.29, 0.717) is 5.57 Å². The molecule has 80 valence electrons. The van der Waals surface area contributed by atoms with Crippen molar-refractivity contribution in [3.63, 3.8) is 0 Å². The summed E-state index contributed by atoms with van der Waals surface area (Å²) in [7, 11) is 0. The van der Waals surface area contributed by atoms with Gasteiger partial charge in [-0.2, -0.15) is 0 Å². The molecule has 0 spiro atoms. The van der Waals surface area contributed by atoms with Crippen molar-refractivity contribution in [2.45, 2.75) is 32.7 Å². The zero-order valence-electron chi connectivity index (χ0n) is 8.95. The highest BCUT2D eigenvalue weighted by Crippen LogP contribution is 1.96. The van der Waals surface area contributed by atoms with Crippen LogP contribution < -0.4 is 5.73 Å². The third-order valence-corrected chi connectivity index (χ3v) is 1.66. The minimum atomic E-state index is -0.362. The van der Waals surface area contributed by atoms with Crippen LogP contribution in [0.3, 0.4) is 0 Å². The fraction of sp³-hybridized carbons (Fsp3) is 0.545. The van der Waals surface area contributed by atoms with Crippen LogP contribution in [0.5, 0.6) is 0 Å². The lowest BCUT2D eigenvalue weighted by Gasteiger charge is -2.03. The molecule has 0 aromatic heterocycles. The smallest absolute Gasteiger partial charge is 0.333 e. The number of rotatable bonds is 6. The van der Waals surface area contributed by atoms with Crippen LogP contribution in [0, 0.1) is 0 Å². The van der Waals surface area contributed by atoms with E-state index in [1.807, 2.05) is 6.08 Å². The maximum absolute atomic E-state index is 10.9. The van der Waals surface area contributed by atoms with Crippen molar-refractivity contribution in [2.75, 3.05) is 6.61 Å². The fourth-order valence-electron chi connectivity index (χ4n) is 0.907. The maximum atomic E-state index is 10.9. The second-order valence-corrected chi connectivity index (χ2v) is 3.26. The largest absolute Gasteiger partial charge is 0.458 e. The Balaban J connectivity index is 3.62. The first-order valence-corrected chi connectivity index (χ1v) is 4.82. The molecule has 3 heteroatoms. The molecule has 0 saturated carbocycles. The van der Waals surface area contributed by atoms with E-state index in [1.165, 1.54) is 0 Å². The minimum absolute atomic E-state index is 0.0588. The summed E-state index contributed by atoms with van der Waals surface area (Å²) in [6.45, 7) is 7.44. The highest BCUT2D eigenvalue weighted by molar-refractivity contribution is 5.86. The number of hydrogen-bond acceptors (Lipinski definition) is 3. The number of hydrogen-bond donors (Lipinski definition) is 1. The number of carbonyl (C=O) groups excluding carboxylic acids is 1. The molecule has 0 aliphatic heterocycles. The second-order valence-electron chi connectivity index (χ2n) is 3.26. The van der Waals surface area contributed by atoms with Crippen molar-refractivity contribution in [3.8, 4) is 0 Å². The molecule has 14 heavy (non-hydrogen) atoms. The van der Waals surface area contributed by atoms with Gasteiger partial charge >= 0.3 is 5.97 Å². The lowest BCUT2D eigenvalue weighted by molar-refractivity contribution is -0.137. The maximum Gasteiger partial charge on any atom is 0.333 e. The molecule has 0 aliphatic rings. The summed E-state index contributed by atoms with van der Waals surface area (Å²) in [4.78, 5) is 10.9. The van der Waals surface area contributed by atoms with Crippen LogP contribution in [0.25, 0.3) is 0 Å².